The lowest BCUT2D eigenvalue weighted by Gasteiger charge is -2.34. The van der Waals surface area contributed by atoms with E-state index >= 15 is 0 Å². The molecular formula is C23H26BrN3O5S2. The molecule has 1 aromatic heterocycles. The van der Waals surface area contributed by atoms with Gasteiger partial charge in [-0.3, -0.25) is 0 Å². The van der Waals surface area contributed by atoms with Crippen LogP contribution in [0.4, 0.5) is 5.13 Å². The van der Waals surface area contributed by atoms with Gasteiger partial charge in [0, 0.05) is 54.1 Å². The number of methoxy groups -OCH3 is 3. The molecular weight excluding hydrogens is 542 g/mol. The molecule has 0 radical (unpaired) electrons. The first-order chi connectivity index (χ1) is 16.3. The zero-order valence-electron chi connectivity index (χ0n) is 19.2. The van der Waals surface area contributed by atoms with Crippen LogP contribution >= 0.6 is 27.3 Å². The topological polar surface area (TPSA) is 81.2 Å². The van der Waals surface area contributed by atoms with Crippen LogP contribution in [0.1, 0.15) is 11.3 Å². The van der Waals surface area contributed by atoms with E-state index in [0.717, 1.165) is 27.9 Å². The first kappa shape index (κ1) is 24.8. The Balaban J connectivity index is 1.43. The van der Waals surface area contributed by atoms with E-state index in [1.807, 2.05) is 23.6 Å². The third-order valence-electron chi connectivity index (χ3n) is 5.66. The van der Waals surface area contributed by atoms with Crippen molar-refractivity contribution in [1.29, 1.82) is 0 Å². The highest BCUT2D eigenvalue weighted by Crippen LogP contribution is 2.32. The molecule has 1 aliphatic rings. The molecule has 2 aromatic carbocycles. The summed E-state index contributed by atoms with van der Waals surface area (Å²) in [4.78, 5) is 7.09. The van der Waals surface area contributed by atoms with Gasteiger partial charge in [-0.25, -0.2) is 13.4 Å². The Morgan fingerprint density at radius 1 is 0.971 bits per heavy atom. The standard InChI is InChI=1S/C23H26BrN3O5S2/c1-30-19-6-4-16(21(14-19)32-3)12-18-15-33-23(25-18)26-8-10-27(11-9-26)34(28,29)22-13-17(24)5-7-20(22)31-2/h4-7,13-15H,8-12H2,1-3H3. The average Bonchev–Trinajstić information content (AvgIpc) is 3.33. The minimum Gasteiger partial charge on any atom is -0.497 e. The summed E-state index contributed by atoms with van der Waals surface area (Å²) in [7, 11) is 1.07. The number of nitrogens with zero attached hydrogens (tertiary/aromatic N) is 3. The van der Waals surface area contributed by atoms with Gasteiger partial charge in [0.1, 0.15) is 22.1 Å². The summed E-state index contributed by atoms with van der Waals surface area (Å²) >= 11 is 4.92. The summed E-state index contributed by atoms with van der Waals surface area (Å²) in [5.74, 6) is 1.84. The fourth-order valence-electron chi connectivity index (χ4n) is 3.83. The summed E-state index contributed by atoms with van der Waals surface area (Å²) in [6.07, 6.45) is 0.640. The molecule has 0 saturated carbocycles. The molecule has 2 heterocycles. The van der Waals surface area contributed by atoms with Crippen LogP contribution in [0.25, 0.3) is 0 Å². The van der Waals surface area contributed by atoms with Crippen molar-refractivity contribution in [3.05, 3.63) is 57.5 Å². The number of halogens is 1. The van der Waals surface area contributed by atoms with Crippen LogP contribution in [-0.2, 0) is 16.4 Å². The number of hydrogen-bond acceptors (Lipinski definition) is 8. The molecule has 1 aliphatic heterocycles. The molecule has 34 heavy (non-hydrogen) atoms. The fraction of sp³-hybridized carbons (Fsp3) is 0.348. The lowest BCUT2D eigenvalue weighted by molar-refractivity contribution is 0.374. The van der Waals surface area contributed by atoms with Crippen molar-refractivity contribution in [2.45, 2.75) is 11.3 Å². The van der Waals surface area contributed by atoms with Crippen LogP contribution in [0.15, 0.2) is 51.1 Å². The normalized spacial score (nSPS) is 14.8. The first-order valence-electron chi connectivity index (χ1n) is 10.6. The van der Waals surface area contributed by atoms with Crippen molar-refractivity contribution >= 4 is 42.4 Å². The third kappa shape index (κ3) is 5.17. The summed E-state index contributed by atoms with van der Waals surface area (Å²) in [5, 5.41) is 2.92. The third-order valence-corrected chi connectivity index (χ3v) is 9.02. The van der Waals surface area contributed by atoms with Crippen LogP contribution in [0.3, 0.4) is 0 Å². The number of rotatable bonds is 8. The van der Waals surface area contributed by atoms with Crippen molar-refractivity contribution in [3.63, 3.8) is 0 Å². The molecule has 0 aliphatic carbocycles. The average molecular weight is 569 g/mol. The minimum atomic E-state index is -3.67. The summed E-state index contributed by atoms with van der Waals surface area (Å²) in [6.45, 7) is 1.88. The number of anilines is 1. The number of sulfonamides is 1. The van der Waals surface area contributed by atoms with Gasteiger partial charge in [-0.2, -0.15) is 4.31 Å². The Kier molecular flexibility index (Phi) is 7.66. The number of ether oxygens (including phenoxy) is 3. The smallest absolute Gasteiger partial charge is 0.246 e. The number of aromatic nitrogens is 1. The Morgan fingerprint density at radius 3 is 2.38 bits per heavy atom. The molecule has 3 aromatic rings. The molecule has 182 valence electrons. The Morgan fingerprint density at radius 2 is 1.71 bits per heavy atom. The molecule has 0 spiro atoms. The highest BCUT2D eigenvalue weighted by molar-refractivity contribution is 9.10. The predicted molar refractivity (Wildman–Crippen MR) is 136 cm³/mol. The Hall–Kier alpha value is -2.34. The van der Waals surface area contributed by atoms with Crippen LogP contribution in [-0.4, -0.2) is 65.2 Å². The van der Waals surface area contributed by atoms with Gasteiger partial charge >= 0.3 is 0 Å². The molecule has 0 bridgehead atoms. The number of hydrogen-bond donors (Lipinski definition) is 0. The van der Waals surface area contributed by atoms with Crippen LogP contribution in [0, 0.1) is 0 Å². The van der Waals surface area contributed by atoms with E-state index in [1.165, 1.54) is 11.4 Å². The molecule has 0 unspecified atom stereocenters. The Bertz CT molecular complexity index is 1260. The van der Waals surface area contributed by atoms with Crippen LogP contribution < -0.4 is 19.1 Å². The van der Waals surface area contributed by atoms with E-state index in [1.54, 1.807) is 43.8 Å². The van der Waals surface area contributed by atoms with Gasteiger partial charge in [-0.05, 0) is 24.3 Å². The Labute approximate surface area is 212 Å². The second-order valence-corrected chi connectivity index (χ2v) is 11.3. The highest BCUT2D eigenvalue weighted by atomic mass is 79.9. The monoisotopic (exact) mass is 567 g/mol. The van der Waals surface area contributed by atoms with Crippen molar-refractivity contribution < 1.29 is 22.6 Å². The maximum absolute atomic E-state index is 13.2. The molecule has 1 saturated heterocycles. The van der Waals surface area contributed by atoms with Gasteiger partial charge in [0.15, 0.2) is 5.13 Å². The molecule has 0 N–H and O–H groups in total. The zero-order valence-corrected chi connectivity index (χ0v) is 22.4. The van der Waals surface area contributed by atoms with Crippen molar-refractivity contribution in [2.24, 2.45) is 0 Å². The lowest BCUT2D eigenvalue weighted by Crippen LogP contribution is -2.48. The van der Waals surface area contributed by atoms with E-state index in [2.05, 4.69) is 20.8 Å². The first-order valence-corrected chi connectivity index (χ1v) is 13.7. The number of piperazine rings is 1. The van der Waals surface area contributed by atoms with E-state index in [0.29, 0.717) is 42.8 Å². The molecule has 8 nitrogen and oxygen atoms in total. The fourth-order valence-corrected chi connectivity index (χ4v) is 6.82. The van der Waals surface area contributed by atoms with Gasteiger partial charge in [0.2, 0.25) is 10.0 Å². The summed E-state index contributed by atoms with van der Waals surface area (Å²) in [6, 6.07) is 10.8. The predicted octanol–water partition coefficient (Wildman–Crippen LogP) is 4.03. The second kappa shape index (κ2) is 10.5. The maximum atomic E-state index is 13.2. The quantitative estimate of drug-likeness (QED) is 0.406. The SMILES string of the molecule is COc1ccc(Cc2csc(N3CCN(S(=O)(=O)c4cc(Br)ccc4OC)CC3)n2)c(OC)c1. The number of benzene rings is 2. The molecule has 4 rings (SSSR count). The minimum absolute atomic E-state index is 0.169. The molecule has 0 atom stereocenters. The van der Waals surface area contributed by atoms with E-state index in [9.17, 15) is 8.42 Å². The van der Waals surface area contributed by atoms with Gasteiger partial charge < -0.3 is 19.1 Å². The number of thiazole rings is 1. The van der Waals surface area contributed by atoms with Gasteiger partial charge in [-0.1, -0.05) is 22.0 Å². The van der Waals surface area contributed by atoms with Gasteiger partial charge in [-0.15, -0.1) is 11.3 Å². The zero-order chi connectivity index (χ0) is 24.3. The molecule has 0 amide bonds. The summed E-state index contributed by atoms with van der Waals surface area (Å²) in [5.41, 5.74) is 1.97. The summed E-state index contributed by atoms with van der Waals surface area (Å²) < 4.78 is 44.7. The van der Waals surface area contributed by atoms with Crippen LogP contribution in [0.2, 0.25) is 0 Å². The van der Waals surface area contributed by atoms with Crippen molar-refractivity contribution in [3.8, 4) is 17.2 Å². The highest BCUT2D eigenvalue weighted by Gasteiger charge is 2.31. The van der Waals surface area contributed by atoms with Crippen molar-refractivity contribution in [1.82, 2.24) is 9.29 Å². The van der Waals surface area contributed by atoms with E-state index in [-0.39, 0.29) is 4.90 Å². The van der Waals surface area contributed by atoms with E-state index < -0.39 is 10.0 Å². The maximum Gasteiger partial charge on any atom is 0.246 e. The van der Waals surface area contributed by atoms with E-state index in [4.69, 9.17) is 19.2 Å². The largest absolute Gasteiger partial charge is 0.497 e. The van der Waals surface area contributed by atoms with Crippen molar-refractivity contribution in [2.75, 3.05) is 52.4 Å². The molecule has 1 fully saturated rings. The van der Waals surface area contributed by atoms with Gasteiger partial charge in [0.25, 0.3) is 0 Å². The lowest BCUT2D eigenvalue weighted by atomic mass is 10.1. The van der Waals surface area contributed by atoms with Gasteiger partial charge in [0.05, 0.1) is 27.0 Å². The van der Waals surface area contributed by atoms with Crippen LogP contribution in [0.5, 0.6) is 17.2 Å². The molecule has 11 heteroatoms. The second-order valence-electron chi connectivity index (χ2n) is 7.66.